The molecule has 0 unspecified atom stereocenters. The van der Waals surface area contributed by atoms with Crippen LogP contribution in [0.3, 0.4) is 0 Å². The highest BCUT2D eigenvalue weighted by molar-refractivity contribution is 5.46. The van der Waals surface area contributed by atoms with E-state index in [2.05, 4.69) is 9.97 Å². The lowest BCUT2D eigenvalue weighted by atomic mass is 10.4. The van der Waals surface area contributed by atoms with E-state index in [-0.39, 0.29) is 11.6 Å². The molecule has 0 spiro atoms. The van der Waals surface area contributed by atoms with Crippen molar-refractivity contribution in [2.24, 2.45) is 0 Å². The van der Waals surface area contributed by atoms with Crippen molar-refractivity contribution in [2.45, 2.75) is 13.8 Å². The van der Waals surface area contributed by atoms with Crippen LogP contribution in [-0.2, 0) is 0 Å². The summed E-state index contributed by atoms with van der Waals surface area (Å²) in [6, 6.07) is 0. The summed E-state index contributed by atoms with van der Waals surface area (Å²) in [5.41, 5.74) is 5.84. The number of rotatable bonds is 0. The molecule has 0 atom stereocenters. The van der Waals surface area contributed by atoms with Crippen molar-refractivity contribution in [2.75, 3.05) is 5.73 Å². The summed E-state index contributed by atoms with van der Waals surface area (Å²) in [6.07, 6.45) is 0. The van der Waals surface area contributed by atoms with E-state index in [1.165, 1.54) is 0 Å². The monoisotopic (exact) mass is 139 g/mol. The van der Waals surface area contributed by atoms with E-state index in [9.17, 15) is 0 Å². The molecule has 1 heterocycles. The fourth-order valence-corrected chi connectivity index (χ4v) is 0.733. The SMILES string of the molecule is Cc1nc(C)c(O)c(N)n1. The maximum absolute atomic E-state index is 9.08. The first kappa shape index (κ1) is 6.80. The summed E-state index contributed by atoms with van der Waals surface area (Å²) >= 11 is 0. The lowest BCUT2D eigenvalue weighted by Crippen LogP contribution is -1.97. The summed E-state index contributed by atoms with van der Waals surface area (Å²) < 4.78 is 0. The van der Waals surface area contributed by atoms with Crippen LogP contribution in [0.25, 0.3) is 0 Å². The van der Waals surface area contributed by atoms with Crippen LogP contribution in [0, 0.1) is 13.8 Å². The molecule has 54 valence electrons. The predicted molar refractivity (Wildman–Crippen MR) is 37.6 cm³/mol. The smallest absolute Gasteiger partial charge is 0.179 e. The van der Waals surface area contributed by atoms with Crippen molar-refractivity contribution < 1.29 is 5.11 Å². The Labute approximate surface area is 58.7 Å². The number of hydrogen-bond acceptors (Lipinski definition) is 4. The summed E-state index contributed by atoms with van der Waals surface area (Å²) in [7, 11) is 0. The minimum atomic E-state index is -0.0226. The molecule has 1 aromatic rings. The fourth-order valence-electron chi connectivity index (χ4n) is 0.733. The van der Waals surface area contributed by atoms with Gasteiger partial charge in [-0.25, -0.2) is 9.97 Å². The third-order valence-electron chi connectivity index (χ3n) is 1.20. The van der Waals surface area contributed by atoms with Crippen molar-refractivity contribution in [1.29, 1.82) is 0 Å². The van der Waals surface area contributed by atoms with Crippen LogP contribution in [-0.4, -0.2) is 15.1 Å². The Kier molecular flexibility index (Phi) is 1.45. The van der Waals surface area contributed by atoms with Gasteiger partial charge in [-0.05, 0) is 13.8 Å². The van der Waals surface area contributed by atoms with Crippen molar-refractivity contribution in [3.8, 4) is 5.75 Å². The number of anilines is 1. The average molecular weight is 139 g/mol. The summed E-state index contributed by atoms with van der Waals surface area (Å²) in [5.74, 6) is 0.698. The molecule has 4 heteroatoms. The van der Waals surface area contributed by atoms with E-state index in [1.54, 1.807) is 13.8 Å². The number of aryl methyl sites for hydroxylation is 2. The molecule has 0 aliphatic carbocycles. The van der Waals surface area contributed by atoms with Crippen molar-refractivity contribution >= 4 is 5.82 Å². The minimum Gasteiger partial charge on any atom is -0.503 e. The van der Waals surface area contributed by atoms with Crippen LogP contribution in [0.2, 0.25) is 0 Å². The van der Waals surface area contributed by atoms with Gasteiger partial charge in [0.05, 0.1) is 5.69 Å². The zero-order chi connectivity index (χ0) is 7.72. The molecule has 0 saturated carbocycles. The van der Waals surface area contributed by atoms with Gasteiger partial charge in [0.2, 0.25) is 0 Å². The van der Waals surface area contributed by atoms with E-state index in [0.717, 1.165) is 0 Å². The molecule has 0 aromatic carbocycles. The summed E-state index contributed by atoms with van der Waals surface area (Å²) in [5, 5.41) is 9.08. The van der Waals surface area contributed by atoms with Gasteiger partial charge in [-0.1, -0.05) is 0 Å². The molecule has 1 aromatic heterocycles. The van der Waals surface area contributed by atoms with E-state index in [0.29, 0.717) is 11.5 Å². The molecule has 0 radical (unpaired) electrons. The highest BCUT2D eigenvalue weighted by atomic mass is 16.3. The highest BCUT2D eigenvalue weighted by Gasteiger charge is 2.03. The fraction of sp³-hybridized carbons (Fsp3) is 0.333. The van der Waals surface area contributed by atoms with E-state index in [1.807, 2.05) is 0 Å². The lowest BCUT2D eigenvalue weighted by molar-refractivity contribution is 0.467. The Hall–Kier alpha value is -1.32. The van der Waals surface area contributed by atoms with Gasteiger partial charge in [-0.15, -0.1) is 0 Å². The van der Waals surface area contributed by atoms with Crippen molar-refractivity contribution in [3.05, 3.63) is 11.5 Å². The first-order valence-electron chi connectivity index (χ1n) is 2.91. The Morgan fingerprint density at radius 3 is 2.40 bits per heavy atom. The van der Waals surface area contributed by atoms with Gasteiger partial charge in [-0.2, -0.15) is 0 Å². The average Bonchev–Trinajstić information content (AvgIpc) is 1.82. The predicted octanol–water partition coefficient (Wildman–Crippen LogP) is 0.381. The van der Waals surface area contributed by atoms with Crippen molar-refractivity contribution in [3.63, 3.8) is 0 Å². The topological polar surface area (TPSA) is 72.0 Å². The minimum absolute atomic E-state index is 0.0226. The molecule has 0 amide bonds. The van der Waals surface area contributed by atoms with Gasteiger partial charge in [-0.3, -0.25) is 0 Å². The van der Waals surface area contributed by atoms with Crippen LogP contribution in [0.4, 0.5) is 5.82 Å². The van der Waals surface area contributed by atoms with E-state index >= 15 is 0 Å². The zero-order valence-corrected chi connectivity index (χ0v) is 5.92. The number of nitrogens with two attached hydrogens (primary N) is 1. The summed E-state index contributed by atoms with van der Waals surface area (Å²) in [6.45, 7) is 3.41. The highest BCUT2D eigenvalue weighted by Crippen LogP contribution is 2.19. The second kappa shape index (κ2) is 2.13. The normalized spacial score (nSPS) is 9.80. The standard InChI is InChI=1S/C6H9N3O/c1-3-5(10)6(7)9-4(2)8-3/h10H,1-2H3,(H2,7,8,9). The molecule has 0 aliphatic heterocycles. The number of aromatic hydroxyl groups is 1. The third kappa shape index (κ3) is 1.00. The Morgan fingerprint density at radius 1 is 1.30 bits per heavy atom. The molecule has 10 heavy (non-hydrogen) atoms. The van der Waals surface area contributed by atoms with Crippen LogP contribution in [0.15, 0.2) is 0 Å². The quantitative estimate of drug-likeness (QED) is 0.545. The first-order chi connectivity index (χ1) is 4.61. The molecular weight excluding hydrogens is 130 g/mol. The van der Waals surface area contributed by atoms with Gasteiger partial charge in [0.15, 0.2) is 11.6 Å². The number of hydrogen-bond donors (Lipinski definition) is 2. The van der Waals surface area contributed by atoms with Gasteiger partial charge >= 0.3 is 0 Å². The van der Waals surface area contributed by atoms with Crippen LogP contribution < -0.4 is 5.73 Å². The molecular formula is C6H9N3O. The number of nitrogen functional groups attached to an aromatic ring is 1. The van der Waals surface area contributed by atoms with Crippen LogP contribution >= 0.6 is 0 Å². The molecule has 0 fully saturated rings. The lowest BCUT2D eigenvalue weighted by Gasteiger charge is -2.00. The Balaban J connectivity index is 3.31. The van der Waals surface area contributed by atoms with Crippen LogP contribution in [0.5, 0.6) is 5.75 Å². The largest absolute Gasteiger partial charge is 0.503 e. The van der Waals surface area contributed by atoms with Gasteiger partial charge in [0.1, 0.15) is 5.82 Å². The maximum atomic E-state index is 9.08. The Bertz CT molecular complexity index is 236. The zero-order valence-electron chi connectivity index (χ0n) is 5.92. The second-order valence-electron chi connectivity index (χ2n) is 2.09. The molecule has 3 N–H and O–H groups in total. The number of aromatic nitrogens is 2. The summed E-state index contributed by atoms with van der Waals surface area (Å²) in [4.78, 5) is 7.64. The molecule has 0 saturated heterocycles. The Morgan fingerprint density at radius 2 is 1.90 bits per heavy atom. The van der Waals surface area contributed by atoms with Gasteiger partial charge < -0.3 is 10.8 Å². The number of nitrogens with zero attached hydrogens (tertiary/aromatic N) is 2. The van der Waals surface area contributed by atoms with Gasteiger partial charge in [0, 0.05) is 0 Å². The van der Waals surface area contributed by atoms with Gasteiger partial charge in [0.25, 0.3) is 0 Å². The molecule has 4 nitrogen and oxygen atoms in total. The third-order valence-corrected chi connectivity index (χ3v) is 1.20. The maximum Gasteiger partial charge on any atom is 0.179 e. The van der Waals surface area contributed by atoms with E-state index < -0.39 is 0 Å². The molecule has 1 rings (SSSR count). The van der Waals surface area contributed by atoms with E-state index in [4.69, 9.17) is 10.8 Å². The second-order valence-corrected chi connectivity index (χ2v) is 2.09. The molecule has 0 aliphatic rings. The molecule has 0 bridgehead atoms. The first-order valence-corrected chi connectivity index (χ1v) is 2.91. The van der Waals surface area contributed by atoms with Crippen LogP contribution in [0.1, 0.15) is 11.5 Å². The van der Waals surface area contributed by atoms with Crippen molar-refractivity contribution in [1.82, 2.24) is 9.97 Å².